The summed E-state index contributed by atoms with van der Waals surface area (Å²) in [5.74, 6) is -0.243. The fraction of sp³-hybridized carbons (Fsp3) is 0.636. The van der Waals surface area contributed by atoms with Gasteiger partial charge in [-0.15, -0.1) is 36.2 Å². The summed E-state index contributed by atoms with van der Waals surface area (Å²) in [6.07, 6.45) is -4.20. The predicted molar refractivity (Wildman–Crippen MR) is 82.9 cm³/mol. The Bertz CT molecular complexity index is 478. The Morgan fingerprint density at radius 2 is 1.86 bits per heavy atom. The van der Waals surface area contributed by atoms with Gasteiger partial charge in [0.15, 0.2) is 0 Å². The summed E-state index contributed by atoms with van der Waals surface area (Å²) in [4.78, 5) is 19.0. The van der Waals surface area contributed by atoms with E-state index in [9.17, 15) is 18.0 Å². The lowest BCUT2D eigenvalue weighted by molar-refractivity contribution is -0.148. The molecule has 2 N–H and O–H groups in total. The molecule has 2 rings (SSSR count). The lowest BCUT2D eigenvalue weighted by Gasteiger charge is -2.34. The first-order chi connectivity index (χ1) is 9.39. The summed E-state index contributed by atoms with van der Waals surface area (Å²) in [5, 5.41) is 2.30. The van der Waals surface area contributed by atoms with Crippen LogP contribution < -0.4 is 5.73 Å². The van der Waals surface area contributed by atoms with E-state index in [2.05, 4.69) is 4.98 Å². The summed E-state index contributed by atoms with van der Waals surface area (Å²) in [6, 6.07) is 0. The van der Waals surface area contributed by atoms with Crippen LogP contribution in [-0.4, -0.2) is 59.6 Å². The number of thiazole rings is 1. The fourth-order valence-electron chi connectivity index (χ4n) is 2.03. The molecule has 1 fully saturated rings. The van der Waals surface area contributed by atoms with Gasteiger partial charge in [-0.1, -0.05) is 0 Å². The number of aromatic nitrogens is 1. The Hall–Kier alpha value is -0.610. The van der Waals surface area contributed by atoms with E-state index in [1.807, 2.05) is 0 Å². The number of rotatable bonds is 3. The van der Waals surface area contributed by atoms with Gasteiger partial charge in [0.05, 0.1) is 6.54 Å². The van der Waals surface area contributed by atoms with E-state index in [1.165, 1.54) is 21.1 Å². The first-order valence-corrected chi connectivity index (χ1v) is 7.00. The molecule has 1 saturated heterocycles. The van der Waals surface area contributed by atoms with E-state index in [0.29, 0.717) is 10.7 Å². The molecule has 0 bridgehead atoms. The van der Waals surface area contributed by atoms with Crippen molar-refractivity contribution in [1.82, 2.24) is 14.8 Å². The normalized spacial score (nSPS) is 15.9. The molecule has 1 amide bonds. The highest BCUT2D eigenvalue weighted by Gasteiger charge is 2.33. The molecule has 22 heavy (non-hydrogen) atoms. The summed E-state index contributed by atoms with van der Waals surface area (Å²) in [6.45, 7) is 0.355. The van der Waals surface area contributed by atoms with Crippen LogP contribution in [0.2, 0.25) is 0 Å². The molecule has 0 atom stereocenters. The van der Waals surface area contributed by atoms with Crippen LogP contribution in [-0.2, 0) is 6.54 Å². The second kappa shape index (κ2) is 8.88. The van der Waals surface area contributed by atoms with Gasteiger partial charge in [-0.2, -0.15) is 13.2 Å². The third-order valence-electron chi connectivity index (χ3n) is 3.01. The highest BCUT2D eigenvalue weighted by Crippen LogP contribution is 2.18. The van der Waals surface area contributed by atoms with E-state index in [1.54, 1.807) is 5.38 Å². The molecule has 2 heterocycles. The van der Waals surface area contributed by atoms with Crippen LogP contribution in [0.25, 0.3) is 0 Å². The van der Waals surface area contributed by atoms with Crippen LogP contribution >= 0.6 is 36.2 Å². The van der Waals surface area contributed by atoms with E-state index < -0.39 is 12.7 Å². The average Bonchev–Trinajstić information content (AvgIpc) is 2.85. The number of amides is 1. The monoisotopic (exact) mass is 380 g/mol. The molecule has 1 aromatic heterocycles. The quantitative estimate of drug-likeness (QED) is 0.867. The summed E-state index contributed by atoms with van der Waals surface area (Å²) in [5.41, 5.74) is 5.75. The number of halogens is 5. The van der Waals surface area contributed by atoms with Crippen LogP contribution in [0.4, 0.5) is 13.2 Å². The SMILES string of the molecule is Cl.Cl.NCc1nc(C(=O)N2CCN(CC(F)(F)F)CC2)cs1. The van der Waals surface area contributed by atoms with Gasteiger partial charge >= 0.3 is 6.18 Å². The van der Waals surface area contributed by atoms with Crippen LogP contribution in [0, 0.1) is 0 Å². The van der Waals surface area contributed by atoms with Crippen molar-refractivity contribution in [3.63, 3.8) is 0 Å². The minimum Gasteiger partial charge on any atom is -0.335 e. The summed E-state index contributed by atoms with van der Waals surface area (Å²) >= 11 is 1.31. The molecule has 1 aliphatic rings. The Labute approximate surface area is 142 Å². The van der Waals surface area contributed by atoms with Gasteiger partial charge in [0.1, 0.15) is 10.7 Å². The van der Waals surface area contributed by atoms with Crippen LogP contribution in [0.5, 0.6) is 0 Å². The molecule has 0 aliphatic carbocycles. The van der Waals surface area contributed by atoms with Gasteiger partial charge in [0.25, 0.3) is 5.91 Å². The minimum atomic E-state index is -4.20. The molecule has 0 radical (unpaired) electrons. The lowest BCUT2D eigenvalue weighted by atomic mass is 10.3. The maximum Gasteiger partial charge on any atom is 0.401 e. The van der Waals surface area contributed by atoms with Gasteiger partial charge in [-0.25, -0.2) is 4.98 Å². The van der Waals surface area contributed by atoms with Crippen molar-refractivity contribution in [3.05, 3.63) is 16.1 Å². The Kier molecular flexibility index (Phi) is 8.63. The van der Waals surface area contributed by atoms with Crippen molar-refractivity contribution in [3.8, 4) is 0 Å². The second-order valence-electron chi connectivity index (χ2n) is 4.51. The van der Waals surface area contributed by atoms with E-state index >= 15 is 0 Å². The van der Waals surface area contributed by atoms with Crippen molar-refractivity contribution >= 4 is 42.1 Å². The van der Waals surface area contributed by atoms with Gasteiger partial charge < -0.3 is 10.6 Å². The average molecular weight is 381 g/mol. The van der Waals surface area contributed by atoms with Crippen LogP contribution in [0.1, 0.15) is 15.5 Å². The zero-order chi connectivity index (χ0) is 14.8. The molecule has 1 aromatic rings. The summed E-state index contributed by atoms with van der Waals surface area (Å²) in [7, 11) is 0. The Morgan fingerprint density at radius 3 is 2.32 bits per heavy atom. The maximum atomic E-state index is 12.3. The van der Waals surface area contributed by atoms with Crippen LogP contribution in [0.15, 0.2) is 5.38 Å². The van der Waals surface area contributed by atoms with E-state index in [0.717, 1.165) is 0 Å². The third kappa shape index (κ3) is 5.88. The molecule has 11 heteroatoms. The lowest BCUT2D eigenvalue weighted by Crippen LogP contribution is -2.51. The van der Waals surface area contributed by atoms with E-state index in [4.69, 9.17) is 5.73 Å². The summed E-state index contributed by atoms with van der Waals surface area (Å²) < 4.78 is 36.8. The van der Waals surface area contributed by atoms with Crippen molar-refractivity contribution in [2.75, 3.05) is 32.7 Å². The van der Waals surface area contributed by atoms with Gasteiger partial charge in [0, 0.05) is 38.1 Å². The fourth-order valence-corrected chi connectivity index (χ4v) is 2.68. The van der Waals surface area contributed by atoms with Gasteiger partial charge in [-0.05, 0) is 0 Å². The molecule has 5 nitrogen and oxygen atoms in total. The highest BCUT2D eigenvalue weighted by molar-refractivity contribution is 7.09. The van der Waals surface area contributed by atoms with Crippen molar-refractivity contribution in [1.29, 1.82) is 0 Å². The van der Waals surface area contributed by atoms with Crippen molar-refractivity contribution in [2.24, 2.45) is 5.73 Å². The molecule has 0 spiro atoms. The molecular weight excluding hydrogens is 364 g/mol. The van der Waals surface area contributed by atoms with Crippen LogP contribution in [0.3, 0.4) is 0 Å². The highest BCUT2D eigenvalue weighted by atomic mass is 35.5. The molecule has 0 aromatic carbocycles. The first-order valence-electron chi connectivity index (χ1n) is 6.12. The largest absolute Gasteiger partial charge is 0.401 e. The first kappa shape index (κ1) is 21.4. The zero-order valence-corrected chi connectivity index (χ0v) is 14.0. The zero-order valence-electron chi connectivity index (χ0n) is 11.5. The minimum absolute atomic E-state index is 0. The Morgan fingerprint density at radius 1 is 1.27 bits per heavy atom. The van der Waals surface area contributed by atoms with Gasteiger partial charge in [0.2, 0.25) is 0 Å². The number of carbonyl (C=O) groups excluding carboxylic acids is 1. The standard InChI is InChI=1S/C11H15F3N4OS.2ClH/c12-11(13,14)7-17-1-3-18(4-2-17)10(19)8-6-20-9(5-15)16-8;;/h6H,1-5,7,15H2;2*1H. The van der Waals surface area contributed by atoms with Crippen molar-refractivity contribution in [2.45, 2.75) is 12.7 Å². The topological polar surface area (TPSA) is 62.5 Å². The van der Waals surface area contributed by atoms with E-state index in [-0.39, 0.29) is 63.4 Å². The smallest absolute Gasteiger partial charge is 0.335 e. The molecule has 1 aliphatic heterocycles. The maximum absolute atomic E-state index is 12.3. The number of hydrogen-bond acceptors (Lipinski definition) is 5. The Balaban J connectivity index is 0.00000220. The van der Waals surface area contributed by atoms with Crippen molar-refractivity contribution < 1.29 is 18.0 Å². The predicted octanol–water partition coefficient (Wildman–Crippen LogP) is 1.77. The molecule has 0 unspecified atom stereocenters. The number of alkyl halides is 3. The third-order valence-corrected chi connectivity index (χ3v) is 3.88. The number of hydrogen-bond donors (Lipinski definition) is 1. The second-order valence-corrected chi connectivity index (χ2v) is 5.46. The number of carbonyl (C=O) groups is 1. The molecular formula is C11H17Cl2F3N4OS. The number of nitrogens with zero attached hydrogens (tertiary/aromatic N) is 3. The number of piperazine rings is 1. The molecule has 128 valence electrons. The molecule has 0 saturated carbocycles. The van der Waals surface area contributed by atoms with Gasteiger partial charge in [-0.3, -0.25) is 9.69 Å². The number of nitrogens with two attached hydrogens (primary N) is 1.